The minimum Gasteiger partial charge on any atom is -0.444 e. The minimum atomic E-state index is -0.481. The molecule has 0 bridgehead atoms. The van der Waals surface area contributed by atoms with E-state index in [2.05, 4.69) is 11.2 Å². The number of carbonyl (C=O) groups is 1. The second kappa shape index (κ2) is 5.79. The average molecular weight is 225 g/mol. The van der Waals surface area contributed by atoms with Gasteiger partial charge in [-0.1, -0.05) is 13.8 Å². The number of carbonyl (C=O) groups excluding carboxylic acids is 1. The van der Waals surface area contributed by atoms with E-state index < -0.39 is 11.7 Å². The lowest BCUT2D eigenvalue weighted by Crippen LogP contribution is -2.44. The van der Waals surface area contributed by atoms with Gasteiger partial charge < -0.3 is 10.1 Å². The molecule has 0 fully saturated rings. The Hall–Kier alpha value is -1.17. The summed E-state index contributed by atoms with van der Waals surface area (Å²) in [5, 5.41) is 2.82. The fraction of sp³-hybridized carbons (Fsp3) is 0.769. The third kappa shape index (κ3) is 5.65. The third-order valence-corrected chi connectivity index (χ3v) is 2.20. The van der Waals surface area contributed by atoms with E-state index in [1.807, 2.05) is 41.5 Å². The molecule has 0 radical (unpaired) electrons. The number of rotatable bonds is 3. The Morgan fingerprint density at radius 2 is 1.81 bits per heavy atom. The molecule has 2 unspecified atom stereocenters. The van der Waals surface area contributed by atoms with Crippen molar-refractivity contribution in [2.45, 2.75) is 53.2 Å². The molecular formula is C13H23NO2. The van der Waals surface area contributed by atoms with Crippen LogP contribution in [0.15, 0.2) is 0 Å². The van der Waals surface area contributed by atoms with Gasteiger partial charge in [0.25, 0.3) is 0 Å². The van der Waals surface area contributed by atoms with Gasteiger partial charge in [0.1, 0.15) is 5.60 Å². The first-order valence-corrected chi connectivity index (χ1v) is 5.63. The first-order valence-electron chi connectivity index (χ1n) is 5.63. The molecule has 0 aromatic rings. The van der Waals surface area contributed by atoms with Crippen LogP contribution in [0.4, 0.5) is 4.79 Å². The molecule has 0 aliphatic heterocycles. The van der Waals surface area contributed by atoms with Crippen molar-refractivity contribution < 1.29 is 9.53 Å². The Morgan fingerprint density at radius 1 is 1.31 bits per heavy atom. The zero-order chi connectivity index (χ0) is 12.9. The van der Waals surface area contributed by atoms with Crippen molar-refractivity contribution in [3.05, 3.63) is 0 Å². The van der Waals surface area contributed by atoms with Gasteiger partial charge in [-0.05, 0) is 33.6 Å². The van der Waals surface area contributed by atoms with Crippen LogP contribution in [0.25, 0.3) is 0 Å². The lowest BCUT2D eigenvalue weighted by Gasteiger charge is -2.27. The van der Waals surface area contributed by atoms with Gasteiger partial charge >= 0.3 is 6.09 Å². The van der Waals surface area contributed by atoms with Crippen LogP contribution in [0.3, 0.4) is 0 Å². The first-order chi connectivity index (χ1) is 7.17. The molecule has 1 N–H and O–H groups in total. The summed E-state index contributed by atoms with van der Waals surface area (Å²) in [6, 6.07) is -0.0557. The SMILES string of the molecule is C#CC(C)C(NC(=O)OC(C)(C)C)C(C)C. The standard InChI is InChI=1S/C13H23NO2/c1-8-10(4)11(9(2)3)14-12(15)16-13(5,6)7/h1,9-11H,2-7H3,(H,14,15). The molecule has 0 aromatic heterocycles. The quantitative estimate of drug-likeness (QED) is 0.750. The average Bonchev–Trinajstić information content (AvgIpc) is 2.09. The Labute approximate surface area is 98.9 Å². The summed E-state index contributed by atoms with van der Waals surface area (Å²) >= 11 is 0. The molecule has 0 saturated carbocycles. The van der Waals surface area contributed by atoms with E-state index in [0.717, 1.165) is 0 Å². The number of hydrogen-bond acceptors (Lipinski definition) is 2. The topological polar surface area (TPSA) is 38.3 Å². The molecule has 2 atom stereocenters. The number of amides is 1. The van der Waals surface area contributed by atoms with Crippen molar-refractivity contribution in [2.24, 2.45) is 11.8 Å². The summed E-state index contributed by atoms with van der Waals surface area (Å²) in [5.41, 5.74) is -0.481. The van der Waals surface area contributed by atoms with E-state index in [9.17, 15) is 4.79 Å². The van der Waals surface area contributed by atoms with E-state index in [4.69, 9.17) is 11.2 Å². The van der Waals surface area contributed by atoms with E-state index in [-0.39, 0.29) is 17.9 Å². The van der Waals surface area contributed by atoms with Crippen molar-refractivity contribution in [3.63, 3.8) is 0 Å². The second-order valence-corrected chi connectivity index (χ2v) is 5.37. The molecule has 0 aliphatic rings. The minimum absolute atomic E-state index is 0.00693. The summed E-state index contributed by atoms with van der Waals surface area (Å²) in [6.45, 7) is 11.5. The third-order valence-electron chi connectivity index (χ3n) is 2.20. The number of ether oxygens (including phenoxy) is 1. The van der Waals surface area contributed by atoms with Crippen LogP contribution in [-0.4, -0.2) is 17.7 Å². The first kappa shape index (κ1) is 14.8. The Balaban J connectivity index is 4.43. The normalized spacial score (nSPS) is 15.1. The number of terminal acetylenes is 1. The van der Waals surface area contributed by atoms with Gasteiger partial charge in [-0.2, -0.15) is 0 Å². The van der Waals surface area contributed by atoms with Crippen LogP contribution in [0.5, 0.6) is 0 Å². The van der Waals surface area contributed by atoms with Gasteiger partial charge in [0, 0.05) is 12.0 Å². The molecule has 92 valence electrons. The van der Waals surface area contributed by atoms with E-state index >= 15 is 0 Å². The highest BCUT2D eigenvalue weighted by Crippen LogP contribution is 2.13. The molecular weight excluding hydrogens is 202 g/mol. The molecule has 16 heavy (non-hydrogen) atoms. The Kier molecular flexibility index (Phi) is 5.37. The number of nitrogens with one attached hydrogen (secondary N) is 1. The fourth-order valence-electron chi connectivity index (χ4n) is 1.42. The molecule has 0 heterocycles. The van der Waals surface area contributed by atoms with E-state index in [1.54, 1.807) is 0 Å². The van der Waals surface area contributed by atoms with Gasteiger partial charge in [-0.3, -0.25) is 0 Å². The fourth-order valence-corrected chi connectivity index (χ4v) is 1.42. The second-order valence-electron chi connectivity index (χ2n) is 5.37. The van der Waals surface area contributed by atoms with E-state index in [0.29, 0.717) is 0 Å². The van der Waals surface area contributed by atoms with Gasteiger partial charge in [0.15, 0.2) is 0 Å². The highest BCUT2D eigenvalue weighted by molar-refractivity contribution is 5.68. The molecule has 3 heteroatoms. The maximum atomic E-state index is 11.6. The van der Waals surface area contributed by atoms with Gasteiger partial charge in [-0.15, -0.1) is 12.3 Å². The summed E-state index contributed by atoms with van der Waals surface area (Å²) in [5.74, 6) is 2.91. The van der Waals surface area contributed by atoms with Gasteiger partial charge in [0.2, 0.25) is 0 Å². The summed E-state index contributed by atoms with van der Waals surface area (Å²) < 4.78 is 5.19. The Morgan fingerprint density at radius 3 is 2.12 bits per heavy atom. The molecule has 1 amide bonds. The maximum absolute atomic E-state index is 11.6. The summed E-state index contributed by atoms with van der Waals surface area (Å²) in [4.78, 5) is 11.6. The van der Waals surface area contributed by atoms with Crippen LogP contribution < -0.4 is 5.32 Å². The smallest absolute Gasteiger partial charge is 0.407 e. The molecule has 0 aromatic carbocycles. The van der Waals surface area contributed by atoms with Crippen LogP contribution in [0, 0.1) is 24.2 Å². The maximum Gasteiger partial charge on any atom is 0.407 e. The van der Waals surface area contributed by atoms with Crippen LogP contribution >= 0.6 is 0 Å². The number of hydrogen-bond donors (Lipinski definition) is 1. The van der Waals surface area contributed by atoms with Crippen molar-refractivity contribution in [2.75, 3.05) is 0 Å². The molecule has 3 nitrogen and oxygen atoms in total. The molecule has 0 saturated heterocycles. The lowest BCUT2D eigenvalue weighted by molar-refractivity contribution is 0.0478. The molecule has 0 spiro atoms. The molecule has 0 aliphatic carbocycles. The molecule has 0 rings (SSSR count). The largest absolute Gasteiger partial charge is 0.444 e. The zero-order valence-electron chi connectivity index (χ0n) is 11.1. The van der Waals surface area contributed by atoms with Crippen molar-refractivity contribution in [1.82, 2.24) is 5.32 Å². The zero-order valence-corrected chi connectivity index (χ0v) is 11.1. The van der Waals surface area contributed by atoms with Crippen molar-refractivity contribution in [1.29, 1.82) is 0 Å². The highest BCUT2D eigenvalue weighted by Gasteiger charge is 2.24. The lowest BCUT2D eigenvalue weighted by atomic mass is 9.92. The number of alkyl carbamates (subject to hydrolysis) is 1. The van der Waals surface area contributed by atoms with Gasteiger partial charge in [-0.25, -0.2) is 4.79 Å². The summed E-state index contributed by atoms with van der Waals surface area (Å²) in [6.07, 6.45) is 4.96. The van der Waals surface area contributed by atoms with Crippen LogP contribution in [-0.2, 0) is 4.74 Å². The van der Waals surface area contributed by atoms with Crippen molar-refractivity contribution in [3.8, 4) is 12.3 Å². The summed E-state index contributed by atoms with van der Waals surface area (Å²) in [7, 11) is 0. The van der Waals surface area contributed by atoms with Crippen LogP contribution in [0.1, 0.15) is 41.5 Å². The van der Waals surface area contributed by atoms with Crippen LogP contribution in [0.2, 0.25) is 0 Å². The van der Waals surface area contributed by atoms with E-state index in [1.165, 1.54) is 0 Å². The van der Waals surface area contributed by atoms with Crippen molar-refractivity contribution >= 4 is 6.09 Å². The predicted octanol–water partition coefficient (Wildman–Crippen LogP) is 2.81. The monoisotopic (exact) mass is 225 g/mol. The Bertz CT molecular complexity index is 271. The predicted molar refractivity (Wildman–Crippen MR) is 66.0 cm³/mol. The highest BCUT2D eigenvalue weighted by atomic mass is 16.6. The van der Waals surface area contributed by atoms with Gasteiger partial charge in [0.05, 0.1) is 0 Å².